The summed E-state index contributed by atoms with van der Waals surface area (Å²) in [5.41, 5.74) is 0.486. The van der Waals surface area contributed by atoms with Gasteiger partial charge in [0.2, 0.25) is 11.8 Å². The number of carbonyl (C=O) groups excluding carboxylic acids is 2. The Morgan fingerprint density at radius 1 is 1.56 bits per heavy atom. The number of benzene rings is 1. The summed E-state index contributed by atoms with van der Waals surface area (Å²) in [6.45, 7) is 0.367. The van der Waals surface area contributed by atoms with Crippen LogP contribution in [0.25, 0.3) is 0 Å². The van der Waals surface area contributed by atoms with Crippen LogP contribution >= 0.6 is 11.6 Å². The van der Waals surface area contributed by atoms with E-state index in [0.717, 1.165) is 0 Å². The zero-order chi connectivity index (χ0) is 13.1. The minimum Gasteiger partial charge on any atom is -0.497 e. The normalized spacial score (nSPS) is 18.3. The topological polar surface area (TPSA) is 67.4 Å². The molecule has 1 heterocycles. The number of hydrogen-bond donors (Lipinski definition) is 2. The monoisotopic (exact) mass is 268 g/mol. The lowest BCUT2D eigenvalue weighted by molar-refractivity contribution is -0.123. The van der Waals surface area contributed by atoms with Gasteiger partial charge in [-0.2, -0.15) is 0 Å². The third kappa shape index (κ3) is 2.73. The van der Waals surface area contributed by atoms with E-state index in [-0.39, 0.29) is 24.2 Å². The molecule has 1 aromatic rings. The van der Waals surface area contributed by atoms with Crippen molar-refractivity contribution in [3.8, 4) is 5.75 Å². The van der Waals surface area contributed by atoms with E-state index >= 15 is 0 Å². The summed E-state index contributed by atoms with van der Waals surface area (Å²) in [4.78, 5) is 22.9. The van der Waals surface area contributed by atoms with Gasteiger partial charge in [-0.05, 0) is 12.1 Å². The first kappa shape index (κ1) is 12.7. The smallest absolute Gasteiger partial charge is 0.229 e. The van der Waals surface area contributed by atoms with Crippen molar-refractivity contribution >= 4 is 29.1 Å². The molecule has 1 saturated heterocycles. The Labute approximate surface area is 109 Å². The Hall–Kier alpha value is -1.75. The standard InChI is InChI=1S/C12H13ClN2O3/c1-18-8-2-3-9(13)10(5-8)15-12(17)7-4-11(16)14-6-7/h2-3,5,7H,4,6H2,1H3,(H,14,16)(H,15,17). The molecular formula is C12H13ClN2O3. The molecule has 0 saturated carbocycles. The van der Waals surface area contributed by atoms with Gasteiger partial charge >= 0.3 is 0 Å². The van der Waals surface area contributed by atoms with Crippen LogP contribution in [0.5, 0.6) is 5.75 Å². The van der Waals surface area contributed by atoms with Crippen LogP contribution in [-0.2, 0) is 9.59 Å². The molecule has 1 atom stereocenters. The van der Waals surface area contributed by atoms with Crippen LogP contribution in [0.15, 0.2) is 18.2 Å². The maximum Gasteiger partial charge on any atom is 0.229 e. The maximum absolute atomic E-state index is 11.9. The molecule has 6 heteroatoms. The Bertz CT molecular complexity index is 490. The van der Waals surface area contributed by atoms with Crippen molar-refractivity contribution in [2.75, 3.05) is 19.0 Å². The van der Waals surface area contributed by atoms with Gasteiger partial charge in [0.1, 0.15) is 5.75 Å². The lowest BCUT2D eigenvalue weighted by atomic mass is 10.1. The third-order valence-electron chi connectivity index (χ3n) is 2.78. The molecule has 2 amide bonds. The lowest BCUT2D eigenvalue weighted by Gasteiger charge is -2.11. The van der Waals surface area contributed by atoms with E-state index in [0.29, 0.717) is 23.0 Å². The highest BCUT2D eigenvalue weighted by Gasteiger charge is 2.28. The first-order valence-electron chi connectivity index (χ1n) is 5.51. The number of hydrogen-bond acceptors (Lipinski definition) is 3. The predicted molar refractivity (Wildman–Crippen MR) is 67.8 cm³/mol. The highest BCUT2D eigenvalue weighted by molar-refractivity contribution is 6.33. The maximum atomic E-state index is 11.9. The van der Waals surface area contributed by atoms with Gasteiger partial charge in [-0.1, -0.05) is 11.6 Å². The van der Waals surface area contributed by atoms with Crippen LogP contribution < -0.4 is 15.4 Å². The van der Waals surface area contributed by atoms with Gasteiger partial charge in [0, 0.05) is 19.0 Å². The fourth-order valence-electron chi connectivity index (χ4n) is 1.75. The van der Waals surface area contributed by atoms with E-state index in [1.165, 1.54) is 7.11 Å². The van der Waals surface area contributed by atoms with E-state index in [4.69, 9.17) is 16.3 Å². The van der Waals surface area contributed by atoms with Crippen molar-refractivity contribution in [3.05, 3.63) is 23.2 Å². The van der Waals surface area contributed by atoms with E-state index in [2.05, 4.69) is 10.6 Å². The molecule has 0 bridgehead atoms. The highest BCUT2D eigenvalue weighted by atomic mass is 35.5. The van der Waals surface area contributed by atoms with Crippen LogP contribution in [-0.4, -0.2) is 25.5 Å². The van der Waals surface area contributed by atoms with E-state index in [9.17, 15) is 9.59 Å². The Morgan fingerprint density at radius 2 is 2.33 bits per heavy atom. The summed E-state index contributed by atoms with van der Waals surface area (Å²) in [6, 6.07) is 5.00. The van der Waals surface area contributed by atoms with Crippen LogP contribution in [0, 0.1) is 5.92 Å². The fourth-order valence-corrected chi connectivity index (χ4v) is 1.92. The second-order valence-electron chi connectivity index (χ2n) is 4.04. The third-order valence-corrected chi connectivity index (χ3v) is 3.11. The SMILES string of the molecule is COc1ccc(Cl)c(NC(=O)C2CNC(=O)C2)c1. The summed E-state index contributed by atoms with van der Waals surface area (Å²) >= 11 is 5.98. The highest BCUT2D eigenvalue weighted by Crippen LogP contribution is 2.27. The molecule has 2 N–H and O–H groups in total. The summed E-state index contributed by atoms with van der Waals surface area (Å²) in [5.74, 6) is -0.0644. The quantitative estimate of drug-likeness (QED) is 0.871. The summed E-state index contributed by atoms with van der Waals surface area (Å²) < 4.78 is 5.06. The van der Waals surface area contributed by atoms with Crippen molar-refractivity contribution in [2.45, 2.75) is 6.42 Å². The molecule has 96 valence electrons. The Balaban J connectivity index is 2.09. The predicted octanol–water partition coefficient (Wildman–Crippen LogP) is 1.42. The minimum atomic E-state index is -0.347. The minimum absolute atomic E-state index is 0.105. The number of methoxy groups -OCH3 is 1. The summed E-state index contributed by atoms with van der Waals surface area (Å²) in [7, 11) is 1.54. The molecule has 1 aliphatic rings. The molecule has 1 unspecified atom stereocenters. The first-order chi connectivity index (χ1) is 8.60. The molecular weight excluding hydrogens is 256 g/mol. The van der Waals surface area contributed by atoms with Crippen LogP contribution in [0.4, 0.5) is 5.69 Å². The van der Waals surface area contributed by atoms with Crippen LogP contribution in [0.1, 0.15) is 6.42 Å². The van der Waals surface area contributed by atoms with Gasteiger partial charge in [0.25, 0.3) is 0 Å². The van der Waals surface area contributed by atoms with E-state index < -0.39 is 0 Å². The zero-order valence-corrected chi connectivity index (χ0v) is 10.6. The summed E-state index contributed by atoms with van der Waals surface area (Å²) in [6.07, 6.45) is 0.216. The molecule has 0 aromatic heterocycles. The molecule has 0 radical (unpaired) electrons. The molecule has 1 aromatic carbocycles. The molecule has 18 heavy (non-hydrogen) atoms. The van der Waals surface area contributed by atoms with E-state index in [1.807, 2.05) is 0 Å². The second kappa shape index (κ2) is 5.27. The number of anilines is 1. The molecule has 1 fully saturated rings. The second-order valence-corrected chi connectivity index (χ2v) is 4.45. The first-order valence-corrected chi connectivity index (χ1v) is 5.89. The molecule has 0 aliphatic carbocycles. The van der Waals surface area contributed by atoms with Crippen molar-refractivity contribution in [1.82, 2.24) is 5.32 Å². The van der Waals surface area contributed by atoms with Gasteiger partial charge < -0.3 is 15.4 Å². The number of halogens is 1. The molecule has 0 spiro atoms. The fraction of sp³-hybridized carbons (Fsp3) is 0.333. The zero-order valence-electron chi connectivity index (χ0n) is 9.83. The van der Waals surface area contributed by atoms with Crippen LogP contribution in [0.3, 0.4) is 0 Å². The lowest BCUT2D eigenvalue weighted by Crippen LogP contribution is -2.24. The van der Waals surface area contributed by atoms with E-state index in [1.54, 1.807) is 18.2 Å². The van der Waals surface area contributed by atoms with Crippen LogP contribution in [0.2, 0.25) is 5.02 Å². The number of nitrogens with one attached hydrogen (secondary N) is 2. The average Bonchev–Trinajstić information content (AvgIpc) is 2.79. The van der Waals surface area contributed by atoms with Gasteiger partial charge in [-0.25, -0.2) is 0 Å². The van der Waals surface area contributed by atoms with Gasteiger partial charge in [0.15, 0.2) is 0 Å². The van der Waals surface area contributed by atoms with Gasteiger partial charge in [0.05, 0.1) is 23.7 Å². The number of rotatable bonds is 3. The van der Waals surface area contributed by atoms with Gasteiger partial charge in [-0.15, -0.1) is 0 Å². The molecule has 1 aliphatic heterocycles. The van der Waals surface area contributed by atoms with Gasteiger partial charge in [-0.3, -0.25) is 9.59 Å². The van der Waals surface area contributed by atoms with Crippen molar-refractivity contribution in [3.63, 3.8) is 0 Å². The number of ether oxygens (including phenoxy) is 1. The van der Waals surface area contributed by atoms with Crippen molar-refractivity contribution in [1.29, 1.82) is 0 Å². The number of amides is 2. The van der Waals surface area contributed by atoms with Crippen molar-refractivity contribution in [2.24, 2.45) is 5.92 Å². The Kier molecular flexibility index (Phi) is 3.72. The van der Waals surface area contributed by atoms with Crippen molar-refractivity contribution < 1.29 is 14.3 Å². The largest absolute Gasteiger partial charge is 0.497 e. The number of carbonyl (C=O) groups is 2. The molecule has 2 rings (SSSR count). The average molecular weight is 269 g/mol. The summed E-state index contributed by atoms with van der Waals surface area (Å²) in [5, 5.41) is 5.75. The molecule has 5 nitrogen and oxygen atoms in total. The Morgan fingerprint density at radius 3 is 2.94 bits per heavy atom.